The second-order valence-electron chi connectivity index (χ2n) is 5.80. The molecule has 1 amide bonds. The SMILES string of the molecule is O=C(NCCCOc1cc(C(F)(F)F)cc(C(F)(F)F)c1)C1CNCCO1. The fourth-order valence-electron chi connectivity index (χ4n) is 2.33. The van der Waals surface area contributed by atoms with Gasteiger partial charge in [-0.3, -0.25) is 4.79 Å². The van der Waals surface area contributed by atoms with Crippen LogP contribution in [0.3, 0.4) is 0 Å². The molecular weight excluding hydrogens is 382 g/mol. The van der Waals surface area contributed by atoms with Gasteiger partial charge < -0.3 is 20.1 Å². The van der Waals surface area contributed by atoms with Gasteiger partial charge in [-0.05, 0) is 24.6 Å². The number of rotatable bonds is 6. The zero-order valence-corrected chi connectivity index (χ0v) is 14.0. The van der Waals surface area contributed by atoms with E-state index in [0.29, 0.717) is 31.8 Å². The van der Waals surface area contributed by atoms with E-state index in [1.165, 1.54) is 0 Å². The van der Waals surface area contributed by atoms with Gasteiger partial charge >= 0.3 is 12.4 Å². The largest absolute Gasteiger partial charge is 0.493 e. The summed E-state index contributed by atoms with van der Waals surface area (Å²) in [6.45, 7) is 1.39. The Bertz CT molecular complexity index is 610. The topological polar surface area (TPSA) is 59.6 Å². The predicted molar refractivity (Wildman–Crippen MR) is 82.2 cm³/mol. The van der Waals surface area contributed by atoms with Crippen molar-refractivity contribution in [1.29, 1.82) is 0 Å². The van der Waals surface area contributed by atoms with Gasteiger partial charge in [0.05, 0.1) is 24.3 Å². The number of benzene rings is 1. The molecule has 1 aromatic carbocycles. The van der Waals surface area contributed by atoms with Crippen LogP contribution >= 0.6 is 0 Å². The van der Waals surface area contributed by atoms with Gasteiger partial charge in [0.15, 0.2) is 0 Å². The molecule has 1 unspecified atom stereocenters. The predicted octanol–water partition coefficient (Wildman–Crippen LogP) is 2.60. The van der Waals surface area contributed by atoms with Crippen molar-refractivity contribution in [2.24, 2.45) is 0 Å². The first kappa shape index (κ1) is 21.3. The van der Waals surface area contributed by atoms with Gasteiger partial charge in [0, 0.05) is 19.6 Å². The number of ether oxygens (including phenoxy) is 2. The summed E-state index contributed by atoms with van der Waals surface area (Å²) >= 11 is 0. The molecule has 152 valence electrons. The van der Waals surface area contributed by atoms with Crippen molar-refractivity contribution >= 4 is 5.91 Å². The second-order valence-corrected chi connectivity index (χ2v) is 5.80. The van der Waals surface area contributed by atoms with Crippen LogP contribution in [0.4, 0.5) is 26.3 Å². The molecule has 1 aliphatic rings. The van der Waals surface area contributed by atoms with Crippen molar-refractivity contribution in [3.8, 4) is 5.75 Å². The molecule has 1 atom stereocenters. The molecule has 5 nitrogen and oxygen atoms in total. The minimum absolute atomic E-state index is 0.0330. The fourth-order valence-corrected chi connectivity index (χ4v) is 2.33. The Morgan fingerprint density at radius 3 is 2.30 bits per heavy atom. The van der Waals surface area contributed by atoms with Gasteiger partial charge in [0.25, 0.3) is 0 Å². The van der Waals surface area contributed by atoms with Gasteiger partial charge in [-0.2, -0.15) is 26.3 Å². The minimum Gasteiger partial charge on any atom is -0.493 e. The van der Waals surface area contributed by atoms with Crippen molar-refractivity contribution in [1.82, 2.24) is 10.6 Å². The number of morpholine rings is 1. The van der Waals surface area contributed by atoms with Crippen molar-refractivity contribution in [2.75, 3.05) is 32.8 Å². The molecule has 27 heavy (non-hydrogen) atoms. The lowest BCUT2D eigenvalue weighted by Gasteiger charge is -2.22. The maximum Gasteiger partial charge on any atom is 0.416 e. The van der Waals surface area contributed by atoms with Crippen LogP contribution in [0.15, 0.2) is 18.2 Å². The van der Waals surface area contributed by atoms with Crippen LogP contribution < -0.4 is 15.4 Å². The third-order valence-electron chi connectivity index (χ3n) is 3.67. The van der Waals surface area contributed by atoms with E-state index < -0.39 is 35.3 Å². The quantitative estimate of drug-likeness (QED) is 0.570. The fraction of sp³-hybridized carbons (Fsp3) is 0.562. The number of alkyl halides is 6. The number of hydrogen-bond acceptors (Lipinski definition) is 4. The van der Waals surface area contributed by atoms with Crippen LogP contribution in [0.2, 0.25) is 0 Å². The number of carbonyl (C=O) groups excluding carboxylic acids is 1. The molecule has 1 heterocycles. The lowest BCUT2D eigenvalue weighted by Crippen LogP contribution is -2.48. The van der Waals surface area contributed by atoms with Crippen molar-refractivity contribution in [2.45, 2.75) is 24.9 Å². The number of halogens is 6. The highest BCUT2D eigenvalue weighted by molar-refractivity contribution is 5.81. The van der Waals surface area contributed by atoms with E-state index in [2.05, 4.69) is 10.6 Å². The van der Waals surface area contributed by atoms with E-state index in [9.17, 15) is 31.1 Å². The average molecular weight is 400 g/mol. The highest BCUT2D eigenvalue weighted by Crippen LogP contribution is 2.38. The number of carbonyl (C=O) groups is 1. The smallest absolute Gasteiger partial charge is 0.416 e. The van der Waals surface area contributed by atoms with Gasteiger partial charge in [-0.25, -0.2) is 0 Å². The molecule has 1 aromatic rings. The summed E-state index contributed by atoms with van der Waals surface area (Å²) in [4.78, 5) is 11.8. The summed E-state index contributed by atoms with van der Waals surface area (Å²) in [5, 5.41) is 5.55. The molecule has 0 aromatic heterocycles. The highest BCUT2D eigenvalue weighted by Gasteiger charge is 2.37. The lowest BCUT2D eigenvalue weighted by molar-refractivity contribution is -0.143. The normalized spacial score (nSPS) is 18.2. The summed E-state index contributed by atoms with van der Waals surface area (Å²) in [6.07, 6.45) is -10.3. The Morgan fingerprint density at radius 2 is 1.78 bits per heavy atom. The molecule has 0 bridgehead atoms. The van der Waals surface area contributed by atoms with Crippen molar-refractivity contribution in [3.05, 3.63) is 29.3 Å². The monoisotopic (exact) mass is 400 g/mol. The molecular formula is C16H18F6N2O3. The average Bonchev–Trinajstić information content (AvgIpc) is 2.60. The van der Waals surface area contributed by atoms with Crippen LogP contribution in [-0.4, -0.2) is 44.9 Å². The van der Waals surface area contributed by atoms with Crippen LogP contribution in [0.1, 0.15) is 17.5 Å². The summed E-state index contributed by atoms with van der Waals surface area (Å²) in [5.74, 6) is -0.885. The molecule has 2 rings (SSSR count). The molecule has 11 heteroatoms. The molecule has 2 N–H and O–H groups in total. The lowest BCUT2D eigenvalue weighted by atomic mass is 10.1. The zero-order chi connectivity index (χ0) is 20.1. The third kappa shape index (κ3) is 6.58. The number of amides is 1. The third-order valence-corrected chi connectivity index (χ3v) is 3.67. The van der Waals surface area contributed by atoms with E-state index in [1.54, 1.807) is 0 Å². The molecule has 1 saturated heterocycles. The van der Waals surface area contributed by atoms with Crippen LogP contribution in [0, 0.1) is 0 Å². The standard InChI is InChI=1S/C16H18F6N2O3/c17-15(18,19)10-6-11(16(20,21)22)8-12(7-10)26-4-1-2-24-14(25)13-9-23-3-5-27-13/h6-8,13,23H,1-5,9H2,(H,24,25). The van der Waals surface area contributed by atoms with E-state index in [-0.39, 0.29) is 31.5 Å². The summed E-state index contributed by atoms with van der Waals surface area (Å²) < 4.78 is 86.8. The van der Waals surface area contributed by atoms with E-state index in [1.807, 2.05) is 0 Å². The van der Waals surface area contributed by atoms with E-state index in [0.717, 1.165) is 0 Å². The Labute approximate surface area is 151 Å². The number of hydrogen-bond donors (Lipinski definition) is 2. The summed E-state index contributed by atoms with van der Waals surface area (Å²) in [6, 6.07) is 1.05. The van der Waals surface area contributed by atoms with Crippen LogP contribution in [0.5, 0.6) is 5.75 Å². The highest BCUT2D eigenvalue weighted by atomic mass is 19.4. The maximum atomic E-state index is 12.8. The first-order chi connectivity index (χ1) is 12.6. The Balaban J connectivity index is 1.86. The molecule has 1 aliphatic heterocycles. The second kappa shape index (κ2) is 8.79. The number of nitrogens with one attached hydrogen (secondary N) is 2. The Morgan fingerprint density at radius 1 is 1.15 bits per heavy atom. The zero-order valence-electron chi connectivity index (χ0n) is 14.0. The van der Waals surface area contributed by atoms with Gasteiger partial charge in [-0.15, -0.1) is 0 Å². The minimum atomic E-state index is -4.93. The Kier molecular flexibility index (Phi) is 6.93. The summed E-state index contributed by atoms with van der Waals surface area (Å²) in [7, 11) is 0. The molecule has 0 radical (unpaired) electrons. The molecule has 0 saturated carbocycles. The molecule has 1 fully saturated rings. The van der Waals surface area contributed by atoms with Crippen LogP contribution in [0.25, 0.3) is 0 Å². The van der Waals surface area contributed by atoms with Gasteiger partial charge in [-0.1, -0.05) is 0 Å². The van der Waals surface area contributed by atoms with E-state index in [4.69, 9.17) is 9.47 Å². The van der Waals surface area contributed by atoms with Crippen LogP contribution in [-0.2, 0) is 21.9 Å². The molecule has 0 aliphatic carbocycles. The first-order valence-corrected chi connectivity index (χ1v) is 8.09. The first-order valence-electron chi connectivity index (χ1n) is 8.09. The van der Waals surface area contributed by atoms with Crippen molar-refractivity contribution in [3.63, 3.8) is 0 Å². The van der Waals surface area contributed by atoms with Gasteiger partial charge in [0.1, 0.15) is 11.9 Å². The van der Waals surface area contributed by atoms with Crippen molar-refractivity contribution < 1.29 is 40.6 Å². The maximum absolute atomic E-state index is 12.8. The summed E-state index contributed by atoms with van der Waals surface area (Å²) in [5.41, 5.74) is -2.88. The van der Waals surface area contributed by atoms with Gasteiger partial charge in [0.2, 0.25) is 5.91 Å². The molecule has 0 spiro atoms. The Hall–Kier alpha value is -2.01. The van der Waals surface area contributed by atoms with E-state index >= 15 is 0 Å².